The molecule has 0 aromatic heterocycles. The first-order valence-electron chi connectivity index (χ1n) is 8.45. The molecule has 0 aromatic rings. The van der Waals surface area contributed by atoms with Crippen molar-refractivity contribution in [2.24, 2.45) is 17.3 Å². The predicted molar refractivity (Wildman–Crippen MR) is 78.1 cm³/mol. The van der Waals surface area contributed by atoms with Crippen LogP contribution >= 0.6 is 0 Å². The van der Waals surface area contributed by atoms with Gasteiger partial charge < -0.3 is 14.9 Å². The summed E-state index contributed by atoms with van der Waals surface area (Å²) in [6, 6.07) is 2.17. The monoisotopic (exact) mass is 293 g/mol. The van der Waals surface area contributed by atoms with Crippen LogP contribution in [0, 0.1) is 28.6 Å². The summed E-state index contributed by atoms with van der Waals surface area (Å²) in [6.45, 7) is 2.19. The van der Waals surface area contributed by atoms with Crippen molar-refractivity contribution in [3.8, 4) is 6.07 Å². The van der Waals surface area contributed by atoms with E-state index in [1.807, 2.05) is 0 Å². The third-order valence-electron chi connectivity index (χ3n) is 6.43. The van der Waals surface area contributed by atoms with Crippen LogP contribution in [0.4, 0.5) is 0 Å². The SMILES string of the molecule is C[C@]12CCC3(O)OC(CCCC#N)CCC3[C@@H]1CC[C@H]2O. The van der Waals surface area contributed by atoms with Crippen molar-refractivity contribution in [3.63, 3.8) is 0 Å². The number of rotatable bonds is 3. The quantitative estimate of drug-likeness (QED) is 0.785. The predicted octanol–water partition coefficient (Wildman–Crippen LogP) is 2.74. The summed E-state index contributed by atoms with van der Waals surface area (Å²) in [5.74, 6) is -0.448. The third-order valence-corrected chi connectivity index (χ3v) is 6.43. The van der Waals surface area contributed by atoms with E-state index in [0.29, 0.717) is 18.8 Å². The molecular formula is C17H27NO3. The van der Waals surface area contributed by atoms with Gasteiger partial charge in [0.2, 0.25) is 0 Å². The molecule has 2 aliphatic carbocycles. The van der Waals surface area contributed by atoms with Crippen LogP contribution in [0.1, 0.15) is 64.7 Å². The Balaban J connectivity index is 1.68. The first-order valence-corrected chi connectivity index (χ1v) is 8.45. The van der Waals surface area contributed by atoms with Crippen LogP contribution in [-0.2, 0) is 4.74 Å². The number of hydrogen-bond donors (Lipinski definition) is 2. The maximum atomic E-state index is 11.0. The lowest BCUT2D eigenvalue weighted by atomic mass is 9.59. The van der Waals surface area contributed by atoms with Gasteiger partial charge in [-0.3, -0.25) is 0 Å². The highest BCUT2D eigenvalue weighted by Gasteiger charge is 2.60. The minimum absolute atomic E-state index is 0.0338. The molecule has 0 aromatic carbocycles. The zero-order valence-electron chi connectivity index (χ0n) is 12.9. The van der Waals surface area contributed by atoms with Gasteiger partial charge in [-0.25, -0.2) is 0 Å². The Morgan fingerprint density at radius 1 is 1.19 bits per heavy atom. The van der Waals surface area contributed by atoms with E-state index in [-0.39, 0.29) is 23.5 Å². The molecule has 1 aliphatic heterocycles. The number of aliphatic hydroxyl groups excluding tert-OH is 1. The van der Waals surface area contributed by atoms with Crippen molar-refractivity contribution < 1.29 is 14.9 Å². The second-order valence-corrected chi connectivity index (χ2v) is 7.52. The number of ether oxygens (including phenoxy) is 1. The van der Waals surface area contributed by atoms with Gasteiger partial charge in [0, 0.05) is 18.8 Å². The maximum absolute atomic E-state index is 11.0. The van der Waals surface area contributed by atoms with E-state index in [0.717, 1.165) is 44.9 Å². The van der Waals surface area contributed by atoms with Gasteiger partial charge in [0.05, 0.1) is 18.3 Å². The van der Waals surface area contributed by atoms with E-state index in [9.17, 15) is 10.2 Å². The van der Waals surface area contributed by atoms with E-state index >= 15 is 0 Å². The molecule has 1 saturated heterocycles. The second kappa shape index (κ2) is 5.53. The first kappa shape index (κ1) is 15.3. The molecule has 21 heavy (non-hydrogen) atoms. The van der Waals surface area contributed by atoms with E-state index in [2.05, 4.69) is 13.0 Å². The lowest BCUT2D eigenvalue weighted by molar-refractivity contribution is -0.319. The number of nitriles is 1. The Bertz CT molecular complexity index is 434. The zero-order valence-corrected chi connectivity index (χ0v) is 12.9. The summed E-state index contributed by atoms with van der Waals surface area (Å²) < 4.78 is 6.08. The normalized spacial score (nSPS) is 49.2. The van der Waals surface area contributed by atoms with Crippen molar-refractivity contribution in [3.05, 3.63) is 0 Å². The van der Waals surface area contributed by atoms with Crippen LogP contribution in [0.5, 0.6) is 0 Å². The van der Waals surface area contributed by atoms with Crippen LogP contribution in [0.2, 0.25) is 0 Å². The highest BCUT2D eigenvalue weighted by molar-refractivity contribution is 5.06. The van der Waals surface area contributed by atoms with Crippen LogP contribution in [0.15, 0.2) is 0 Å². The number of unbranched alkanes of at least 4 members (excludes halogenated alkanes) is 1. The molecule has 0 spiro atoms. The van der Waals surface area contributed by atoms with Crippen LogP contribution in [0.25, 0.3) is 0 Å². The average Bonchev–Trinajstić information content (AvgIpc) is 2.75. The van der Waals surface area contributed by atoms with E-state index < -0.39 is 5.79 Å². The fourth-order valence-electron chi connectivity index (χ4n) is 5.10. The van der Waals surface area contributed by atoms with Gasteiger partial charge in [-0.1, -0.05) is 6.92 Å². The number of hydrogen-bond acceptors (Lipinski definition) is 4. The molecule has 3 unspecified atom stereocenters. The molecule has 0 amide bonds. The Morgan fingerprint density at radius 3 is 2.71 bits per heavy atom. The van der Waals surface area contributed by atoms with Crippen molar-refractivity contribution >= 4 is 0 Å². The van der Waals surface area contributed by atoms with Crippen molar-refractivity contribution in [1.29, 1.82) is 5.26 Å². The Kier molecular flexibility index (Phi) is 4.02. The molecule has 2 N–H and O–H groups in total. The summed E-state index contributed by atoms with van der Waals surface area (Å²) >= 11 is 0. The first-order chi connectivity index (χ1) is 9.99. The minimum atomic E-state index is -0.996. The molecule has 0 radical (unpaired) electrons. The van der Waals surface area contributed by atoms with Gasteiger partial charge in [0.15, 0.2) is 5.79 Å². The standard InChI is InChI=1S/C17H27NO3/c1-16-9-10-17(20)14(13(16)7-8-15(16)19)6-5-12(21-17)4-2-3-11-18/h12-15,19-20H,2-10H2,1H3/t12?,13-,14?,15+,16-,17?/m0/s1. The van der Waals surface area contributed by atoms with Crippen LogP contribution < -0.4 is 0 Å². The molecule has 1 heterocycles. The number of fused-ring (bicyclic) bond motifs is 3. The van der Waals surface area contributed by atoms with Gasteiger partial charge in [-0.05, 0) is 56.3 Å². The van der Waals surface area contributed by atoms with Gasteiger partial charge in [-0.15, -0.1) is 0 Å². The molecule has 4 nitrogen and oxygen atoms in total. The molecule has 118 valence electrons. The van der Waals surface area contributed by atoms with Crippen molar-refractivity contribution in [2.45, 2.75) is 82.7 Å². The summed E-state index contributed by atoms with van der Waals surface area (Å²) in [5, 5.41) is 29.9. The molecule has 3 fully saturated rings. The number of nitrogens with zero attached hydrogens (tertiary/aromatic N) is 1. The summed E-state index contributed by atoms with van der Waals surface area (Å²) in [5.41, 5.74) is -0.0338. The Hall–Kier alpha value is -0.630. The Morgan fingerprint density at radius 2 is 1.95 bits per heavy atom. The fourth-order valence-corrected chi connectivity index (χ4v) is 5.10. The maximum Gasteiger partial charge on any atom is 0.168 e. The van der Waals surface area contributed by atoms with Gasteiger partial charge in [0.1, 0.15) is 0 Å². The fraction of sp³-hybridized carbons (Fsp3) is 0.941. The van der Waals surface area contributed by atoms with Crippen LogP contribution in [0.3, 0.4) is 0 Å². The average molecular weight is 293 g/mol. The summed E-state index contributed by atoms with van der Waals surface area (Å²) in [4.78, 5) is 0. The van der Waals surface area contributed by atoms with Gasteiger partial charge >= 0.3 is 0 Å². The zero-order chi connectivity index (χ0) is 15.1. The highest BCUT2D eigenvalue weighted by atomic mass is 16.6. The summed E-state index contributed by atoms with van der Waals surface area (Å²) in [6.07, 6.45) is 7.46. The number of aliphatic hydroxyl groups is 2. The molecular weight excluding hydrogens is 266 g/mol. The minimum Gasteiger partial charge on any atom is -0.393 e. The van der Waals surface area contributed by atoms with Crippen molar-refractivity contribution in [1.82, 2.24) is 0 Å². The van der Waals surface area contributed by atoms with Gasteiger partial charge in [0.25, 0.3) is 0 Å². The highest BCUT2D eigenvalue weighted by Crippen LogP contribution is 2.60. The largest absolute Gasteiger partial charge is 0.393 e. The second-order valence-electron chi connectivity index (χ2n) is 7.52. The molecule has 2 saturated carbocycles. The van der Waals surface area contributed by atoms with E-state index in [1.54, 1.807) is 0 Å². The smallest absolute Gasteiger partial charge is 0.168 e. The molecule has 4 heteroatoms. The molecule has 3 aliphatic rings. The van der Waals surface area contributed by atoms with Crippen molar-refractivity contribution in [2.75, 3.05) is 0 Å². The third kappa shape index (κ3) is 2.50. The Labute approximate surface area is 127 Å². The topological polar surface area (TPSA) is 73.5 Å². The lowest BCUT2D eigenvalue weighted by Gasteiger charge is -2.54. The lowest BCUT2D eigenvalue weighted by Crippen LogP contribution is -2.57. The van der Waals surface area contributed by atoms with Crippen LogP contribution in [-0.4, -0.2) is 28.2 Å². The van der Waals surface area contributed by atoms with E-state index in [1.165, 1.54) is 0 Å². The molecule has 0 bridgehead atoms. The molecule has 6 atom stereocenters. The van der Waals surface area contributed by atoms with E-state index in [4.69, 9.17) is 10.00 Å². The summed E-state index contributed by atoms with van der Waals surface area (Å²) in [7, 11) is 0. The molecule has 3 rings (SSSR count). The van der Waals surface area contributed by atoms with Gasteiger partial charge in [-0.2, -0.15) is 5.26 Å².